The largest absolute Gasteiger partial charge is 0.493 e. The summed E-state index contributed by atoms with van der Waals surface area (Å²) >= 11 is 0. The maximum Gasteiger partial charge on any atom is 0.261 e. The molecule has 0 atom stereocenters. The van der Waals surface area contributed by atoms with Crippen molar-refractivity contribution < 1.29 is 9.47 Å². The summed E-state index contributed by atoms with van der Waals surface area (Å²) in [6.07, 6.45) is 4.27. The molecular weight excluding hydrogens is 448 g/mol. The number of pyridine rings is 1. The lowest BCUT2D eigenvalue weighted by molar-refractivity contribution is 0.356. The summed E-state index contributed by atoms with van der Waals surface area (Å²) in [5.41, 5.74) is 7.57. The Kier molecular flexibility index (Phi) is 5.98. The molecule has 35 heavy (non-hydrogen) atoms. The molecule has 5 rings (SSSR count). The lowest BCUT2D eigenvalue weighted by atomic mass is 10.2. The van der Waals surface area contributed by atoms with Gasteiger partial charge in [-0.25, -0.2) is 15.0 Å². The van der Waals surface area contributed by atoms with Crippen LogP contribution in [0.2, 0.25) is 0 Å². The van der Waals surface area contributed by atoms with E-state index in [4.69, 9.17) is 20.2 Å². The molecule has 3 aromatic heterocycles. The van der Waals surface area contributed by atoms with E-state index in [1.54, 1.807) is 37.2 Å². The zero-order valence-corrected chi connectivity index (χ0v) is 20.1. The fourth-order valence-corrected chi connectivity index (χ4v) is 4.39. The highest BCUT2D eigenvalue weighted by atomic mass is 16.5. The average molecular weight is 477 g/mol. The molecular formula is C24H28N8O3. The maximum atomic E-state index is 12.5. The molecule has 1 aliphatic heterocycles. The first-order valence-electron chi connectivity index (χ1n) is 11.6. The molecule has 0 radical (unpaired) electrons. The number of hydrogen-bond acceptors (Lipinski definition) is 10. The smallest absolute Gasteiger partial charge is 0.261 e. The second-order valence-electron chi connectivity index (χ2n) is 8.34. The van der Waals surface area contributed by atoms with Gasteiger partial charge in [0.2, 0.25) is 11.9 Å². The third-order valence-corrected chi connectivity index (χ3v) is 6.33. The van der Waals surface area contributed by atoms with Crippen LogP contribution in [0.15, 0.2) is 35.4 Å². The number of aromatic nitrogens is 5. The summed E-state index contributed by atoms with van der Waals surface area (Å²) in [4.78, 5) is 35.3. The van der Waals surface area contributed by atoms with E-state index in [1.165, 1.54) is 0 Å². The molecule has 1 aliphatic rings. The van der Waals surface area contributed by atoms with Crippen LogP contribution < -0.4 is 30.6 Å². The lowest BCUT2D eigenvalue weighted by Crippen LogP contribution is -2.32. The van der Waals surface area contributed by atoms with E-state index in [9.17, 15) is 4.79 Å². The highest BCUT2D eigenvalue weighted by Gasteiger charge is 2.21. The highest BCUT2D eigenvalue weighted by Crippen LogP contribution is 2.34. The number of anilines is 3. The van der Waals surface area contributed by atoms with E-state index >= 15 is 0 Å². The van der Waals surface area contributed by atoms with E-state index in [0.717, 1.165) is 24.9 Å². The van der Waals surface area contributed by atoms with E-state index in [0.29, 0.717) is 65.3 Å². The van der Waals surface area contributed by atoms with E-state index in [-0.39, 0.29) is 5.56 Å². The van der Waals surface area contributed by atoms with Crippen LogP contribution in [0.1, 0.15) is 13.3 Å². The molecule has 4 heterocycles. The van der Waals surface area contributed by atoms with Crippen LogP contribution in [0.4, 0.5) is 17.7 Å². The molecule has 2 N–H and O–H groups in total. The van der Waals surface area contributed by atoms with Crippen LogP contribution in [-0.4, -0.2) is 64.9 Å². The van der Waals surface area contributed by atoms with Gasteiger partial charge in [-0.15, -0.1) is 0 Å². The van der Waals surface area contributed by atoms with Crippen molar-refractivity contribution in [3.63, 3.8) is 0 Å². The summed E-state index contributed by atoms with van der Waals surface area (Å²) in [6, 6.07) is 5.48. The zero-order chi connectivity index (χ0) is 24.5. The van der Waals surface area contributed by atoms with Crippen LogP contribution in [0, 0.1) is 0 Å². The number of nitrogens with zero attached hydrogens (tertiary/aromatic N) is 7. The van der Waals surface area contributed by atoms with Crippen molar-refractivity contribution in [3.05, 3.63) is 40.9 Å². The Bertz CT molecular complexity index is 1450. The third-order valence-electron chi connectivity index (χ3n) is 6.33. The number of aryl methyl sites for hydroxylation is 1. The summed E-state index contributed by atoms with van der Waals surface area (Å²) in [5, 5.41) is 1.25. The van der Waals surface area contributed by atoms with Crippen LogP contribution in [0.5, 0.6) is 11.5 Å². The number of methoxy groups -OCH3 is 2. The van der Waals surface area contributed by atoms with Gasteiger partial charge in [0.05, 0.1) is 30.6 Å². The van der Waals surface area contributed by atoms with Crippen LogP contribution in [0.3, 0.4) is 0 Å². The Morgan fingerprint density at radius 2 is 1.60 bits per heavy atom. The second-order valence-corrected chi connectivity index (χ2v) is 8.34. The Balaban J connectivity index is 1.40. The fourth-order valence-electron chi connectivity index (χ4n) is 4.39. The third kappa shape index (κ3) is 4.13. The Labute approximate surface area is 202 Å². The van der Waals surface area contributed by atoms with E-state index < -0.39 is 0 Å². The minimum atomic E-state index is -0.0705. The molecule has 0 amide bonds. The van der Waals surface area contributed by atoms with Gasteiger partial charge >= 0.3 is 0 Å². The number of nitrogen functional groups attached to an aromatic ring is 1. The standard InChI is InChI=1S/C24H28N8O3/c1-4-30-9-6-17-16(22(30)33)14-26-23(27-17)31-7-5-8-32(11-10-31)24-28-18-13-20(35-3)19(34-2)12-15(18)21(25)29-24/h6,9,12-14H,4-5,7-8,10-11H2,1-3H3,(H2,25,28,29). The number of benzene rings is 1. The van der Waals surface area contributed by atoms with Gasteiger partial charge in [0, 0.05) is 56.6 Å². The molecule has 0 bridgehead atoms. The summed E-state index contributed by atoms with van der Waals surface area (Å²) in [7, 11) is 3.17. The highest BCUT2D eigenvalue weighted by molar-refractivity contribution is 5.91. The van der Waals surface area contributed by atoms with Crippen LogP contribution >= 0.6 is 0 Å². The van der Waals surface area contributed by atoms with Crippen LogP contribution in [-0.2, 0) is 6.54 Å². The normalized spacial score (nSPS) is 14.4. The first-order valence-corrected chi connectivity index (χ1v) is 11.6. The minimum absolute atomic E-state index is 0.0705. The average Bonchev–Trinajstić information content (AvgIpc) is 3.14. The van der Waals surface area contributed by atoms with Crippen LogP contribution in [0.25, 0.3) is 21.8 Å². The summed E-state index contributed by atoms with van der Waals surface area (Å²) in [6.45, 7) is 5.46. The van der Waals surface area contributed by atoms with E-state index in [2.05, 4.69) is 24.8 Å². The summed E-state index contributed by atoms with van der Waals surface area (Å²) in [5.74, 6) is 2.75. The Hall–Kier alpha value is -4.15. The minimum Gasteiger partial charge on any atom is -0.493 e. The molecule has 1 saturated heterocycles. The van der Waals surface area contributed by atoms with Crippen molar-refractivity contribution in [3.8, 4) is 11.5 Å². The molecule has 0 unspecified atom stereocenters. The maximum absolute atomic E-state index is 12.5. The first kappa shape index (κ1) is 22.6. The topological polar surface area (TPSA) is 125 Å². The van der Waals surface area contributed by atoms with Crippen molar-refractivity contribution in [1.82, 2.24) is 24.5 Å². The molecule has 1 fully saturated rings. The van der Waals surface area contributed by atoms with Gasteiger partial charge in [0.15, 0.2) is 11.5 Å². The van der Waals surface area contributed by atoms with Gasteiger partial charge in [-0.3, -0.25) is 4.79 Å². The van der Waals surface area contributed by atoms with Gasteiger partial charge in [0.1, 0.15) is 5.82 Å². The number of fused-ring (bicyclic) bond motifs is 2. The van der Waals surface area contributed by atoms with Crippen molar-refractivity contribution >= 4 is 39.5 Å². The molecule has 4 aromatic rings. The van der Waals surface area contributed by atoms with Crippen molar-refractivity contribution in [2.45, 2.75) is 19.9 Å². The molecule has 11 heteroatoms. The fraction of sp³-hybridized carbons (Fsp3) is 0.375. The quantitative estimate of drug-likeness (QED) is 0.458. The molecule has 11 nitrogen and oxygen atoms in total. The number of nitrogens with two attached hydrogens (primary N) is 1. The van der Waals surface area contributed by atoms with Gasteiger partial charge in [0.25, 0.3) is 5.56 Å². The van der Waals surface area contributed by atoms with Gasteiger partial charge in [-0.2, -0.15) is 4.98 Å². The SMILES string of the molecule is CCn1ccc2nc(N3CCCN(c4nc(N)c5cc(OC)c(OC)cc5n4)CC3)ncc2c1=O. The van der Waals surface area contributed by atoms with E-state index in [1.807, 2.05) is 19.1 Å². The van der Waals surface area contributed by atoms with Gasteiger partial charge in [-0.1, -0.05) is 0 Å². The number of hydrogen-bond donors (Lipinski definition) is 1. The molecule has 0 spiro atoms. The van der Waals surface area contributed by atoms with Crippen molar-refractivity contribution in [2.24, 2.45) is 0 Å². The van der Waals surface area contributed by atoms with Crippen molar-refractivity contribution in [2.75, 3.05) is 55.9 Å². The Morgan fingerprint density at radius 1 is 0.914 bits per heavy atom. The molecule has 0 aliphatic carbocycles. The number of rotatable bonds is 5. The van der Waals surface area contributed by atoms with Gasteiger partial charge in [-0.05, 0) is 25.5 Å². The molecule has 1 aromatic carbocycles. The number of ether oxygens (including phenoxy) is 2. The second kappa shape index (κ2) is 9.24. The molecule has 182 valence electrons. The first-order chi connectivity index (χ1) is 17.0. The predicted molar refractivity (Wildman–Crippen MR) is 136 cm³/mol. The predicted octanol–water partition coefficient (Wildman–Crippen LogP) is 2.07. The monoisotopic (exact) mass is 476 g/mol. The zero-order valence-electron chi connectivity index (χ0n) is 20.1. The summed E-state index contributed by atoms with van der Waals surface area (Å²) < 4.78 is 12.4. The Morgan fingerprint density at radius 3 is 2.31 bits per heavy atom. The lowest BCUT2D eigenvalue weighted by Gasteiger charge is -2.22. The van der Waals surface area contributed by atoms with Crippen molar-refractivity contribution in [1.29, 1.82) is 0 Å². The molecule has 0 saturated carbocycles. The van der Waals surface area contributed by atoms with Gasteiger partial charge < -0.3 is 29.6 Å².